The average molecular weight is 235 g/mol. The number of ether oxygens (including phenoxy) is 2. The molecule has 0 amide bonds. The Hall–Kier alpha value is -1.55. The second kappa shape index (κ2) is 5.19. The van der Waals surface area contributed by atoms with E-state index in [-0.39, 0.29) is 11.9 Å². The van der Waals surface area contributed by atoms with Crippen LogP contribution >= 0.6 is 0 Å². The van der Waals surface area contributed by atoms with E-state index in [1.807, 2.05) is 12.1 Å². The Kier molecular flexibility index (Phi) is 3.64. The first kappa shape index (κ1) is 11.9. The van der Waals surface area contributed by atoms with Crippen molar-refractivity contribution < 1.29 is 14.3 Å². The van der Waals surface area contributed by atoms with Crippen LogP contribution in [0.5, 0.6) is 5.75 Å². The highest BCUT2D eigenvalue weighted by Gasteiger charge is 2.23. The van der Waals surface area contributed by atoms with E-state index < -0.39 is 0 Å². The summed E-state index contributed by atoms with van der Waals surface area (Å²) in [5, 5.41) is 0. The maximum atomic E-state index is 11.3. The molecule has 1 aliphatic rings. The highest BCUT2D eigenvalue weighted by atomic mass is 16.5. The van der Waals surface area contributed by atoms with Gasteiger partial charge in [0.05, 0.1) is 20.1 Å². The zero-order valence-electron chi connectivity index (χ0n) is 9.94. The molecule has 1 aliphatic heterocycles. The van der Waals surface area contributed by atoms with Gasteiger partial charge in [-0.15, -0.1) is 0 Å². The van der Waals surface area contributed by atoms with E-state index in [9.17, 15) is 4.79 Å². The van der Waals surface area contributed by atoms with Gasteiger partial charge in [0, 0.05) is 12.3 Å². The molecule has 0 saturated carbocycles. The van der Waals surface area contributed by atoms with Gasteiger partial charge in [-0.1, -0.05) is 18.2 Å². The standard InChI is InChI=1S/C13H17NO3/c1-16-12(15)7-10(8-14)11-4-2-3-9-5-6-17-13(9)11/h2-4,10H,5-8,14H2,1H3. The summed E-state index contributed by atoms with van der Waals surface area (Å²) in [6.45, 7) is 1.12. The Morgan fingerprint density at radius 1 is 1.59 bits per heavy atom. The number of esters is 1. The Labute approximate surface area is 101 Å². The molecule has 2 N–H and O–H groups in total. The number of para-hydroxylation sites is 1. The summed E-state index contributed by atoms with van der Waals surface area (Å²) in [5.74, 6) is 0.637. The molecule has 0 bridgehead atoms. The van der Waals surface area contributed by atoms with Crippen LogP contribution in [-0.4, -0.2) is 26.2 Å². The van der Waals surface area contributed by atoms with Crippen molar-refractivity contribution in [2.75, 3.05) is 20.3 Å². The van der Waals surface area contributed by atoms with Gasteiger partial charge in [0.15, 0.2) is 0 Å². The van der Waals surface area contributed by atoms with Crippen LogP contribution in [-0.2, 0) is 16.0 Å². The number of carbonyl (C=O) groups excluding carboxylic acids is 1. The van der Waals surface area contributed by atoms with Crippen molar-refractivity contribution >= 4 is 5.97 Å². The van der Waals surface area contributed by atoms with Gasteiger partial charge in [-0.3, -0.25) is 4.79 Å². The smallest absolute Gasteiger partial charge is 0.306 e. The minimum Gasteiger partial charge on any atom is -0.493 e. The maximum Gasteiger partial charge on any atom is 0.306 e. The quantitative estimate of drug-likeness (QED) is 0.797. The van der Waals surface area contributed by atoms with Crippen LogP contribution in [0.25, 0.3) is 0 Å². The molecule has 0 spiro atoms. The van der Waals surface area contributed by atoms with Gasteiger partial charge in [0.25, 0.3) is 0 Å². The van der Waals surface area contributed by atoms with E-state index in [0.717, 1.165) is 17.7 Å². The Morgan fingerprint density at radius 3 is 3.12 bits per heavy atom. The zero-order valence-corrected chi connectivity index (χ0v) is 9.94. The molecular formula is C13H17NO3. The predicted molar refractivity (Wildman–Crippen MR) is 64.1 cm³/mol. The molecule has 1 aromatic rings. The fourth-order valence-electron chi connectivity index (χ4n) is 2.17. The zero-order chi connectivity index (χ0) is 12.3. The van der Waals surface area contributed by atoms with Gasteiger partial charge in [-0.05, 0) is 17.7 Å². The third-order valence-corrected chi connectivity index (χ3v) is 3.11. The molecule has 1 heterocycles. The minimum atomic E-state index is -0.240. The lowest BCUT2D eigenvalue weighted by atomic mass is 9.93. The molecule has 1 atom stereocenters. The summed E-state index contributed by atoms with van der Waals surface area (Å²) in [5.41, 5.74) is 7.96. The molecule has 0 fully saturated rings. The molecule has 4 heteroatoms. The van der Waals surface area contributed by atoms with Gasteiger partial charge in [0.2, 0.25) is 0 Å². The molecule has 2 rings (SSSR count). The van der Waals surface area contributed by atoms with E-state index in [0.29, 0.717) is 19.6 Å². The largest absolute Gasteiger partial charge is 0.493 e. The first-order chi connectivity index (χ1) is 8.26. The summed E-state index contributed by atoms with van der Waals surface area (Å²) in [4.78, 5) is 11.3. The molecule has 1 aromatic carbocycles. The lowest BCUT2D eigenvalue weighted by molar-refractivity contribution is -0.141. The molecular weight excluding hydrogens is 218 g/mol. The van der Waals surface area contributed by atoms with Gasteiger partial charge in [0.1, 0.15) is 5.75 Å². The summed E-state index contributed by atoms with van der Waals surface area (Å²) in [6.07, 6.45) is 1.23. The van der Waals surface area contributed by atoms with Crippen LogP contribution in [0.4, 0.5) is 0 Å². The Bertz CT molecular complexity index is 417. The van der Waals surface area contributed by atoms with Gasteiger partial charge in [-0.25, -0.2) is 0 Å². The molecule has 4 nitrogen and oxygen atoms in total. The van der Waals surface area contributed by atoms with Crippen molar-refractivity contribution in [2.24, 2.45) is 5.73 Å². The van der Waals surface area contributed by atoms with Crippen molar-refractivity contribution in [3.63, 3.8) is 0 Å². The van der Waals surface area contributed by atoms with Crippen molar-refractivity contribution in [2.45, 2.75) is 18.8 Å². The third kappa shape index (κ3) is 2.42. The lowest BCUT2D eigenvalue weighted by Gasteiger charge is -2.16. The molecule has 92 valence electrons. The van der Waals surface area contributed by atoms with Crippen molar-refractivity contribution in [3.8, 4) is 5.75 Å². The fourth-order valence-corrected chi connectivity index (χ4v) is 2.17. The Balaban J connectivity index is 2.25. The normalized spacial score (nSPS) is 14.9. The van der Waals surface area contributed by atoms with Crippen molar-refractivity contribution in [3.05, 3.63) is 29.3 Å². The van der Waals surface area contributed by atoms with E-state index >= 15 is 0 Å². The number of rotatable bonds is 4. The molecule has 0 saturated heterocycles. The maximum absolute atomic E-state index is 11.3. The van der Waals surface area contributed by atoms with E-state index in [1.165, 1.54) is 12.7 Å². The highest BCUT2D eigenvalue weighted by molar-refractivity contribution is 5.70. The topological polar surface area (TPSA) is 61.5 Å². The number of fused-ring (bicyclic) bond motifs is 1. The summed E-state index contributed by atoms with van der Waals surface area (Å²) >= 11 is 0. The van der Waals surface area contributed by atoms with Crippen molar-refractivity contribution in [1.29, 1.82) is 0 Å². The van der Waals surface area contributed by atoms with Crippen LogP contribution in [0.15, 0.2) is 18.2 Å². The molecule has 1 unspecified atom stereocenters. The highest BCUT2D eigenvalue weighted by Crippen LogP contribution is 2.35. The number of nitrogens with two attached hydrogens (primary N) is 1. The summed E-state index contributed by atoms with van der Waals surface area (Å²) < 4.78 is 10.3. The van der Waals surface area contributed by atoms with Crippen LogP contribution in [0.3, 0.4) is 0 Å². The van der Waals surface area contributed by atoms with Crippen LogP contribution in [0.2, 0.25) is 0 Å². The first-order valence-electron chi connectivity index (χ1n) is 5.77. The van der Waals surface area contributed by atoms with E-state index in [4.69, 9.17) is 10.5 Å². The van der Waals surface area contributed by atoms with Gasteiger partial charge < -0.3 is 15.2 Å². The van der Waals surface area contributed by atoms with Gasteiger partial charge in [-0.2, -0.15) is 0 Å². The van der Waals surface area contributed by atoms with Crippen LogP contribution in [0, 0.1) is 0 Å². The third-order valence-electron chi connectivity index (χ3n) is 3.11. The molecule has 0 aliphatic carbocycles. The molecule has 17 heavy (non-hydrogen) atoms. The van der Waals surface area contributed by atoms with Crippen LogP contribution < -0.4 is 10.5 Å². The Morgan fingerprint density at radius 2 is 2.41 bits per heavy atom. The predicted octanol–water partition coefficient (Wildman–Crippen LogP) is 1.23. The number of methoxy groups -OCH3 is 1. The molecule has 0 radical (unpaired) electrons. The SMILES string of the molecule is COC(=O)CC(CN)c1cccc2c1OCC2. The fraction of sp³-hybridized carbons (Fsp3) is 0.462. The number of hydrogen-bond donors (Lipinski definition) is 1. The van der Waals surface area contributed by atoms with Crippen molar-refractivity contribution in [1.82, 2.24) is 0 Å². The number of carbonyl (C=O) groups is 1. The number of hydrogen-bond acceptors (Lipinski definition) is 4. The first-order valence-corrected chi connectivity index (χ1v) is 5.77. The lowest BCUT2D eigenvalue weighted by Crippen LogP contribution is -2.18. The monoisotopic (exact) mass is 235 g/mol. The second-order valence-electron chi connectivity index (χ2n) is 4.15. The number of benzene rings is 1. The summed E-state index contributed by atoms with van der Waals surface area (Å²) in [7, 11) is 1.39. The van der Waals surface area contributed by atoms with E-state index in [2.05, 4.69) is 10.8 Å². The summed E-state index contributed by atoms with van der Waals surface area (Å²) in [6, 6.07) is 6.02. The minimum absolute atomic E-state index is 0.0319. The van der Waals surface area contributed by atoms with E-state index in [1.54, 1.807) is 0 Å². The second-order valence-corrected chi connectivity index (χ2v) is 4.15. The average Bonchev–Trinajstić information content (AvgIpc) is 2.83. The van der Waals surface area contributed by atoms with Crippen LogP contribution in [0.1, 0.15) is 23.5 Å². The molecule has 0 aromatic heterocycles. The van der Waals surface area contributed by atoms with Gasteiger partial charge >= 0.3 is 5.97 Å².